The Kier molecular flexibility index (Phi) is 5.16. The Morgan fingerprint density at radius 2 is 1.95 bits per heavy atom. The van der Waals surface area contributed by atoms with E-state index in [9.17, 15) is 13.6 Å². The first-order chi connectivity index (χ1) is 10.5. The number of hydrogen-bond donors (Lipinski definition) is 1. The van der Waals surface area contributed by atoms with Crippen LogP contribution in [0.15, 0.2) is 18.2 Å². The second-order valence-corrected chi connectivity index (χ2v) is 4.68. The molecule has 0 aliphatic carbocycles. The van der Waals surface area contributed by atoms with E-state index in [2.05, 4.69) is 10.3 Å². The van der Waals surface area contributed by atoms with Gasteiger partial charge in [-0.1, -0.05) is 5.21 Å². The molecule has 0 bridgehead atoms. The Balaban J connectivity index is 2.36. The van der Waals surface area contributed by atoms with Crippen molar-refractivity contribution in [2.24, 2.45) is 0 Å². The topological polar surface area (TPSA) is 77.2 Å². The Morgan fingerprint density at radius 3 is 2.55 bits per heavy atom. The minimum Gasteiger partial charge on any atom is -0.476 e. The number of benzene rings is 1. The van der Waals surface area contributed by atoms with Gasteiger partial charge in [0.05, 0.1) is 11.4 Å². The van der Waals surface area contributed by atoms with Crippen LogP contribution >= 0.6 is 0 Å². The summed E-state index contributed by atoms with van der Waals surface area (Å²) in [6, 6.07) is 2.88. The van der Waals surface area contributed by atoms with Crippen molar-refractivity contribution in [3.8, 4) is 5.69 Å². The Bertz CT molecular complexity index is 653. The van der Waals surface area contributed by atoms with E-state index >= 15 is 0 Å². The van der Waals surface area contributed by atoms with Crippen LogP contribution in [0.5, 0.6) is 0 Å². The Labute approximate surface area is 125 Å². The number of carbonyl (C=O) groups is 1. The smallest absolute Gasteiger partial charge is 0.358 e. The number of unbranched alkanes of at least 4 members (excludes halogenated alkanes) is 1. The Morgan fingerprint density at radius 1 is 1.27 bits per heavy atom. The molecule has 0 aliphatic heterocycles. The molecule has 22 heavy (non-hydrogen) atoms. The zero-order chi connectivity index (χ0) is 16.1. The highest BCUT2D eigenvalue weighted by molar-refractivity contribution is 5.86. The fraction of sp³-hybridized carbons (Fsp3) is 0.357. The maximum absolute atomic E-state index is 13.3. The number of nitrogens with zero attached hydrogens (tertiary/aromatic N) is 3. The van der Waals surface area contributed by atoms with Crippen molar-refractivity contribution in [3.63, 3.8) is 0 Å². The minimum absolute atomic E-state index is 0.0965. The summed E-state index contributed by atoms with van der Waals surface area (Å²) in [4.78, 5) is 11.2. The van der Waals surface area contributed by atoms with Crippen molar-refractivity contribution in [2.45, 2.75) is 19.3 Å². The van der Waals surface area contributed by atoms with Crippen LogP contribution in [0.4, 0.5) is 8.78 Å². The molecule has 0 unspecified atom stereocenters. The van der Waals surface area contributed by atoms with Gasteiger partial charge in [0, 0.05) is 19.8 Å². The van der Waals surface area contributed by atoms with Crippen LogP contribution in [-0.2, 0) is 11.2 Å². The molecule has 1 N–H and O–H groups in total. The van der Waals surface area contributed by atoms with E-state index in [1.54, 1.807) is 7.11 Å². The second kappa shape index (κ2) is 7.08. The molecule has 0 atom stereocenters. The van der Waals surface area contributed by atoms with Crippen LogP contribution in [0, 0.1) is 11.6 Å². The first kappa shape index (κ1) is 16.0. The molecule has 0 amide bonds. The largest absolute Gasteiger partial charge is 0.476 e. The van der Waals surface area contributed by atoms with Gasteiger partial charge in [-0.05, 0) is 31.4 Å². The molecule has 0 aliphatic rings. The molecule has 0 saturated carbocycles. The van der Waals surface area contributed by atoms with Gasteiger partial charge in [0.2, 0.25) is 0 Å². The first-order valence-electron chi connectivity index (χ1n) is 6.66. The van der Waals surface area contributed by atoms with Gasteiger partial charge in [0.25, 0.3) is 0 Å². The predicted molar refractivity (Wildman–Crippen MR) is 73.0 cm³/mol. The number of aromatic nitrogens is 3. The Hall–Kier alpha value is -2.35. The maximum atomic E-state index is 13.3. The summed E-state index contributed by atoms with van der Waals surface area (Å²) in [7, 11) is 1.57. The third kappa shape index (κ3) is 3.64. The van der Waals surface area contributed by atoms with Crippen molar-refractivity contribution in [1.82, 2.24) is 15.0 Å². The van der Waals surface area contributed by atoms with Crippen molar-refractivity contribution in [1.29, 1.82) is 0 Å². The van der Waals surface area contributed by atoms with Gasteiger partial charge in [0.15, 0.2) is 5.69 Å². The van der Waals surface area contributed by atoms with Crippen molar-refractivity contribution >= 4 is 5.97 Å². The number of rotatable bonds is 7. The number of carboxylic acids is 1. The summed E-state index contributed by atoms with van der Waals surface area (Å²) in [6.07, 6.45) is 1.72. The van der Waals surface area contributed by atoms with Crippen LogP contribution in [0.1, 0.15) is 29.0 Å². The molecule has 0 fully saturated rings. The van der Waals surface area contributed by atoms with E-state index in [4.69, 9.17) is 9.84 Å². The standard InChI is InChI=1S/C14H15F2N3O3/c1-22-5-3-2-4-12-13(14(20)21)17-18-19(12)11-7-9(15)6-10(16)8-11/h6-8H,2-5H2,1H3,(H,20,21). The molecule has 6 nitrogen and oxygen atoms in total. The molecule has 1 heterocycles. The summed E-state index contributed by atoms with van der Waals surface area (Å²) in [6.45, 7) is 0.540. The molecule has 2 rings (SSSR count). The first-order valence-corrected chi connectivity index (χ1v) is 6.66. The van der Waals surface area contributed by atoms with Gasteiger partial charge in [-0.25, -0.2) is 18.3 Å². The molecule has 1 aromatic heterocycles. The van der Waals surface area contributed by atoms with Gasteiger partial charge in [-0.3, -0.25) is 0 Å². The lowest BCUT2D eigenvalue weighted by Gasteiger charge is -2.07. The van der Waals surface area contributed by atoms with E-state index in [0.717, 1.165) is 29.3 Å². The molecule has 118 valence electrons. The normalized spacial score (nSPS) is 10.9. The van der Waals surface area contributed by atoms with E-state index in [0.29, 0.717) is 25.1 Å². The highest BCUT2D eigenvalue weighted by atomic mass is 19.1. The molecule has 0 saturated heterocycles. The number of halogens is 2. The monoisotopic (exact) mass is 311 g/mol. The molecule has 2 aromatic rings. The van der Waals surface area contributed by atoms with E-state index in [1.807, 2.05) is 0 Å². The lowest BCUT2D eigenvalue weighted by Crippen LogP contribution is -2.08. The molecule has 1 aromatic carbocycles. The molecule has 8 heteroatoms. The summed E-state index contributed by atoms with van der Waals surface area (Å²) in [5.74, 6) is -2.77. The van der Waals surface area contributed by atoms with Crippen LogP contribution < -0.4 is 0 Å². The fourth-order valence-electron chi connectivity index (χ4n) is 2.10. The van der Waals surface area contributed by atoms with Gasteiger partial charge in [-0.2, -0.15) is 0 Å². The number of carboxylic acid groups (broad SMARTS) is 1. The van der Waals surface area contributed by atoms with Gasteiger partial charge < -0.3 is 9.84 Å². The van der Waals surface area contributed by atoms with Gasteiger partial charge in [0.1, 0.15) is 11.6 Å². The lowest BCUT2D eigenvalue weighted by atomic mass is 10.1. The number of methoxy groups -OCH3 is 1. The zero-order valence-corrected chi connectivity index (χ0v) is 11.9. The number of aromatic carboxylic acids is 1. The lowest BCUT2D eigenvalue weighted by molar-refractivity contribution is 0.0689. The highest BCUT2D eigenvalue weighted by Gasteiger charge is 2.20. The molecular formula is C14H15F2N3O3. The fourth-order valence-corrected chi connectivity index (χ4v) is 2.10. The molecule has 0 radical (unpaired) electrons. The van der Waals surface area contributed by atoms with Crippen LogP contribution in [0.3, 0.4) is 0 Å². The summed E-state index contributed by atoms with van der Waals surface area (Å²) in [5, 5.41) is 16.4. The minimum atomic E-state index is -1.23. The van der Waals surface area contributed by atoms with Gasteiger partial charge >= 0.3 is 5.97 Å². The van der Waals surface area contributed by atoms with Crippen LogP contribution in [0.2, 0.25) is 0 Å². The third-order valence-corrected chi connectivity index (χ3v) is 3.07. The van der Waals surface area contributed by atoms with Gasteiger partial charge in [-0.15, -0.1) is 5.10 Å². The second-order valence-electron chi connectivity index (χ2n) is 4.68. The summed E-state index contributed by atoms with van der Waals surface area (Å²) >= 11 is 0. The van der Waals surface area contributed by atoms with Crippen molar-refractivity contribution in [3.05, 3.63) is 41.2 Å². The van der Waals surface area contributed by atoms with Crippen LogP contribution in [-0.4, -0.2) is 39.8 Å². The third-order valence-electron chi connectivity index (χ3n) is 3.07. The van der Waals surface area contributed by atoms with E-state index in [-0.39, 0.29) is 11.4 Å². The van der Waals surface area contributed by atoms with E-state index < -0.39 is 17.6 Å². The average molecular weight is 311 g/mol. The van der Waals surface area contributed by atoms with Crippen LogP contribution in [0.25, 0.3) is 5.69 Å². The number of hydrogen-bond acceptors (Lipinski definition) is 4. The zero-order valence-electron chi connectivity index (χ0n) is 11.9. The molecular weight excluding hydrogens is 296 g/mol. The number of ether oxygens (including phenoxy) is 1. The van der Waals surface area contributed by atoms with Crippen molar-refractivity contribution in [2.75, 3.05) is 13.7 Å². The van der Waals surface area contributed by atoms with E-state index in [1.165, 1.54) is 0 Å². The van der Waals surface area contributed by atoms with Crippen molar-refractivity contribution < 1.29 is 23.4 Å². The summed E-state index contributed by atoms with van der Waals surface area (Å²) < 4.78 is 32.7. The average Bonchev–Trinajstić information content (AvgIpc) is 2.86. The highest BCUT2D eigenvalue weighted by Crippen LogP contribution is 2.18. The predicted octanol–water partition coefficient (Wildman–Crippen LogP) is 2.21. The molecule has 0 spiro atoms. The SMILES string of the molecule is COCCCCc1c(C(=O)O)nnn1-c1cc(F)cc(F)c1. The quantitative estimate of drug-likeness (QED) is 0.793. The maximum Gasteiger partial charge on any atom is 0.358 e. The summed E-state index contributed by atoms with van der Waals surface area (Å²) in [5.41, 5.74) is 0.176.